The van der Waals surface area contributed by atoms with Gasteiger partial charge in [-0.3, -0.25) is 0 Å². The van der Waals surface area contributed by atoms with Crippen molar-refractivity contribution in [2.24, 2.45) is 5.92 Å². The van der Waals surface area contributed by atoms with E-state index in [0.717, 1.165) is 12.8 Å². The van der Waals surface area contributed by atoms with E-state index in [1.54, 1.807) is 0 Å². The molecule has 0 amide bonds. The fourth-order valence-electron chi connectivity index (χ4n) is 1.38. The molecule has 1 aliphatic carbocycles. The Labute approximate surface area is 77.7 Å². The number of halogens is 4. The zero-order valence-electron chi connectivity index (χ0n) is 5.99. The molecule has 4 heteroatoms. The topological polar surface area (TPSA) is 0 Å². The van der Waals surface area contributed by atoms with Gasteiger partial charge in [0.15, 0.2) is 0 Å². The van der Waals surface area contributed by atoms with Crippen LogP contribution in [0.3, 0.4) is 0 Å². The zero-order valence-corrected chi connectivity index (χ0v) is 8.15. The maximum Gasteiger partial charge on any atom is 0.391 e. The molecule has 1 saturated carbocycles. The smallest absolute Gasteiger partial charge is 0.171 e. The minimum atomic E-state index is -3.95. The Hall–Kier alpha value is 0.520. The van der Waals surface area contributed by atoms with Crippen molar-refractivity contribution in [3.05, 3.63) is 0 Å². The predicted octanol–water partition coefficient (Wildman–Crippen LogP) is 3.54. The lowest BCUT2D eigenvalue weighted by Gasteiger charge is -2.26. The number of alkyl halides is 4. The molecule has 0 aromatic heterocycles. The maximum atomic E-state index is 12.1. The van der Waals surface area contributed by atoms with Gasteiger partial charge in [-0.05, 0) is 25.7 Å². The standard InChI is InChI=1S/C7H10F3I/c8-7(9,10)5-1-3-6(11)4-2-5/h5-6H,1-4H2/t5-,6+. The molecule has 0 aromatic carbocycles. The average molecular weight is 278 g/mol. The molecule has 0 nitrogen and oxygen atoms in total. The van der Waals surface area contributed by atoms with Gasteiger partial charge in [0.05, 0.1) is 5.92 Å². The summed E-state index contributed by atoms with van der Waals surface area (Å²) in [6, 6.07) is 0. The largest absolute Gasteiger partial charge is 0.391 e. The van der Waals surface area contributed by atoms with Crippen LogP contribution in [0, 0.1) is 5.92 Å². The van der Waals surface area contributed by atoms with Crippen molar-refractivity contribution in [1.29, 1.82) is 0 Å². The van der Waals surface area contributed by atoms with Crippen LogP contribution in [-0.4, -0.2) is 10.1 Å². The van der Waals surface area contributed by atoms with Crippen LogP contribution in [-0.2, 0) is 0 Å². The van der Waals surface area contributed by atoms with Gasteiger partial charge in [0.1, 0.15) is 0 Å². The quantitative estimate of drug-likeness (QED) is 0.469. The molecular weight excluding hydrogens is 268 g/mol. The summed E-state index contributed by atoms with van der Waals surface area (Å²) in [7, 11) is 0. The lowest BCUT2D eigenvalue weighted by atomic mass is 9.89. The summed E-state index contributed by atoms with van der Waals surface area (Å²) in [5.41, 5.74) is 0. The number of rotatable bonds is 0. The third-order valence-corrected chi connectivity index (χ3v) is 3.37. The van der Waals surface area contributed by atoms with Crippen molar-refractivity contribution in [3.8, 4) is 0 Å². The first kappa shape index (κ1) is 9.61. The lowest BCUT2D eigenvalue weighted by molar-refractivity contribution is -0.181. The summed E-state index contributed by atoms with van der Waals surface area (Å²) < 4.78 is 36.7. The first-order valence-corrected chi connectivity index (χ1v) is 4.95. The van der Waals surface area contributed by atoms with Crippen molar-refractivity contribution in [2.45, 2.75) is 35.8 Å². The molecule has 0 unspecified atom stereocenters. The second-order valence-electron chi connectivity index (χ2n) is 2.99. The van der Waals surface area contributed by atoms with Crippen molar-refractivity contribution < 1.29 is 13.2 Å². The van der Waals surface area contributed by atoms with Crippen LogP contribution >= 0.6 is 22.6 Å². The van der Waals surface area contributed by atoms with E-state index < -0.39 is 12.1 Å². The Morgan fingerprint density at radius 3 is 1.82 bits per heavy atom. The van der Waals surface area contributed by atoms with Crippen LogP contribution in [0.25, 0.3) is 0 Å². The minimum absolute atomic E-state index is 0.330. The summed E-state index contributed by atoms with van der Waals surface area (Å²) in [5, 5.41) is 0. The highest BCUT2D eigenvalue weighted by Gasteiger charge is 2.40. The van der Waals surface area contributed by atoms with Crippen LogP contribution in [0.15, 0.2) is 0 Å². The van der Waals surface area contributed by atoms with Crippen LogP contribution in [0.2, 0.25) is 0 Å². The first-order chi connectivity index (χ1) is 5.00. The fourth-order valence-corrected chi connectivity index (χ4v) is 2.10. The number of hydrogen-bond acceptors (Lipinski definition) is 0. The van der Waals surface area contributed by atoms with Gasteiger partial charge in [0, 0.05) is 3.92 Å². The highest BCUT2D eigenvalue weighted by molar-refractivity contribution is 14.1. The van der Waals surface area contributed by atoms with Crippen molar-refractivity contribution in [3.63, 3.8) is 0 Å². The van der Waals surface area contributed by atoms with Gasteiger partial charge in [-0.15, -0.1) is 0 Å². The molecular formula is C7H10F3I. The molecule has 0 spiro atoms. The molecule has 0 heterocycles. The van der Waals surface area contributed by atoms with Crippen molar-refractivity contribution >= 4 is 22.6 Å². The molecule has 1 rings (SSSR count). The Bertz CT molecular complexity index is 124. The van der Waals surface area contributed by atoms with Crippen molar-refractivity contribution in [2.75, 3.05) is 0 Å². The van der Waals surface area contributed by atoms with Crippen LogP contribution in [0.4, 0.5) is 13.2 Å². The van der Waals surface area contributed by atoms with E-state index in [9.17, 15) is 13.2 Å². The Morgan fingerprint density at radius 2 is 1.45 bits per heavy atom. The van der Waals surface area contributed by atoms with Gasteiger partial charge < -0.3 is 0 Å². The van der Waals surface area contributed by atoms with E-state index in [1.807, 2.05) is 0 Å². The van der Waals surface area contributed by atoms with E-state index in [0.29, 0.717) is 16.8 Å². The minimum Gasteiger partial charge on any atom is -0.171 e. The first-order valence-electron chi connectivity index (χ1n) is 3.71. The Morgan fingerprint density at radius 1 is 1.00 bits per heavy atom. The molecule has 0 saturated heterocycles. The molecule has 1 aliphatic rings. The highest BCUT2D eigenvalue weighted by Crippen LogP contribution is 2.39. The van der Waals surface area contributed by atoms with E-state index in [-0.39, 0.29) is 0 Å². The van der Waals surface area contributed by atoms with Crippen LogP contribution in [0.1, 0.15) is 25.7 Å². The Kier molecular flexibility index (Phi) is 3.05. The predicted molar refractivity (Wildman–Crippen MR) is 45.8 cm³/mol. The molecule has 0 atom stereocenters. The third-order valence-electron chi connectivity index (χ3n) is 2.12. The van der Waals surface area contributed by atoms with Gasteiger partial charge >= 0.3 is 6.18 Å². The summed E-state index contributed by atoms with van der Waals surface area (Å²) in [4.78, 5) is 0. The van der Waals surface area contributed by atoms with Gasteiger partial charge in [-0.25, -0.2) is 0 Å². The molecule has 0 bridgehead atoms. The monoisotopic (exact) mass is 278 g/mol. The molecule has 0 N–H and O–H groups in total. The lowest BCUT2D eigenvalue weighted by Crippen LogP contribution is -2.27. The van der Waals surface area contributed by atoms with Gasteiger partial charge in [0.2, 0.25) is 0 Å². The Balaban J connectivity index is 2.39. The summed E-state index contributed by atoms with van der Waals surface area (Å²) >= 11 is 2.23. The second kappa shape index (κ2) is 3.49. The number of hydrogen-bond donors (Lipinski definition) is 0. The molecule has 0 aliphatic heterocycles. The summed E-state index contributed by atoms with van der Waals surface area (Å²) in [6.07, 6.45) is -1.83. The normalized spacial score (nSPS) is 33.8. The van der Waals surface area contributed by atoms with Crippen LogP contribution in [0.5, 0.6) is 0 Å². The van der Waals surface area contributed by atoms with Gasteiger partial charge in [-0.1, -0.05) is 22.6 Å². The fraction of sp³-hybridized carbons (Fsp3) is 1.00. The van der Waals surface area contributed by atoms with Gasteiger partial charge in [0.25, 0.3) is 0 Å². The summed E-state index contributed by atoms with van der Waals surface area (Å²) in [6.45, 7) is 0. The van der Waals surface area contributed by atoms with Gasteiger partial charge in [-0.2, -0.15) is 13.2 Å². The summed E-state index contributed by atoms with van der Waals surface area (Å²) in [5.74, 6) is -1.02. The molecule has 11 heavy (non-hydrogen) atoms. The average Bonchev–Trinajstić information content (AvgIpc) is 1.86. The van der Waals surface area contributed by atoms with Crippen molar-refractivity contribution in [1.82, 2.24) is 0 Å². The second-order valence-corrected chi connectivity index (χ2v) is 4.75. The van der Waals surface area contributed by atoms with E-state index in [4.69, 9.17) is 0 Å². The SMILES string of the molecule is FC(F)(F)[C@H]1CC[C@@H](I)CC1. The van der Waals surface area contributed by atoms with E-state index >= 15 is 0 Å². The van der Waals surface area contributed by atoms with E-state index in [2.05, 4.69) is 22.6 Å². The molecule has 1 fully saturated rings. The molecule has 0 radical (unpaired) electrons. The zero-order chi connectivity index (χ0) is 8.48. The molecule has 66 valence electrons. The molecule has 0 aromatic rings. The highest BCUT2D eigenvalue weighted by atomic mass is 127. The van der Waals surface area contributed by atoms with E-state index in [1.165, 1.54) is 0 Å². The van der Waals surface area contributed by atoms with Crippen LogP contribution < -0.4 is 0 Å². The maximum absolute atomic E-state index is 12.1. The third kappa shape index (κ3) is 2.80.